The monoisotopic (exact) mass is 593 g/mol. The zero-order valence-corrected chi connectivity index (χ0v) is 25.1. The molecule has 3 amide bonds. The summed E-state index contributed by atoms with van der Waals surface area (Å²) >= 11 is 0. The largest absolute Gasteiger partial charge is 0.508 e. The summed E-state index contributed by atoms with van der Waals surface area (Å²) in [5, 5.41) is 28.4. The summed E-state index contributed by atoms with van der Waals surface area (Å²) in [6.45, 7) is 7.36. The van der Waals surface area contributed by atoms with Crippen LogP contribution in [0.4, 0.5) is 0 Å². The first kappa shape index (κ1) is 33.1. The molecular weight excluding hydrogens is 550 g/mol. The van der Waals surface area contributed by atoms with E-state index in [0.29, 0.717) is 18.4 Å². The molecule has 6 atom stereocenters. The van der Waals surface area contributed by atoms with Gasteiger partial charge in [0.2, 0.25) is 17.7 Å². The maximum Gasteiger partial charge on any atom is 0.326 e. The third-order valence-corrected chi connectivity index (χ3v) is 8.03. The highest BCUT2D eigenvalue weighted by molar-refractivity contribution is 5.94. The predicted octanol–water partition coefficient (Wildman–Crippen LogP) is 2.62. The number of amides is 3. The molecule has 0 bridgehead atoms. The molecule has 8 N–H and O–H groups in total. The van der Waals surface area contributed by atoms with Crippen molar-refractivity contribution in [3.63, 3.8) is 0 Å². The number of phenolic OH excluding ortho intramolecular Hbond substituents is 1. The summed E-state index contributed by atoms with van der Waals surface area (Å²) in [4.78, 5) is 55.3. The number of nitrogens with two attached hydrogens (primary N) is 1. The molecule has 0 aliphatic carbocycles. The Kier molecular flexibility index (Phi) is 11.7. The van der Waals surface area contributed by atoms with Crippen LogP contribution in [0.2, 0.25) is 0 Å². The van der Waals surface area contributed by atoms with Crippen LogP contribution in [0, 0.1) is 11.8 Å². The minimum atomic E-state index is -1.26. The summed E-state index contributed by atoms with van der Waals surface area (Å²) in [5.74, 6) is -3.47. The molecule has 3 aromatic rings. The van der Waals surface area contributed by atoms with Gasteiger partial charge >= 0.3 is 5.97 Å². The number of benzene rings is 2. The first-order valence-electron chi connectivity index (χ1n) is 14.7. The van der Waals surface area contributed by atoms with E-state index in [2.05, 4.69) is 20.9 Å². The second-order valence-electron chi connectivity index (χ2n) is 11.2. The summed E-state index contributed by atoms with van der Waals surface area (Å²) in [6.07, 6.45) is 3.18. The lowest BCUT2D eigenvalue weighted by atomic mass is 9.94. The Morgan fingerprint density at radius 1 is 0.814 bits per heavy atom. The van der Waals surface area contributed by atoms with Gasteiger partial charge in [-0.25, -0.2) is 4.79 Å². The number of nitrogens with one attached hydrogen (secondary N) is 4. The normalized spacial score (nSPS) is 15.5. The topological polar surface area (TPSA) is 187 Å². The number of aromatic hydroxyl groups is 1. The molecular formula is C32H43N5O6. The number of para-hydroxylation sites is 1. The van der Waals surface area contributed by atoms with E-state index in [1.807, 2.05) is 51.2 Å². The van der Waals surface area contributed by atoms with Crippen molar-refractivity contribution in [1.29, 1.82) is 0 Å². The first-order valence-corrected chi connectivity index (χ1v) is 14.7. The van der Waals surface area contributed by atoms with Crippen LogP contribution in [-0.4, -0.2) is 63.1 Å². The Hall–Kier alpha value is -4.38. The molecule has 43 heavy (non-hydrogen) atoms. The summed E-state index contributed by atoms with van der Waals surface area (Å²) < 4.78 is 0. The Labute approximate surface area is 251 Å². The average molecular weight is 594 g/mol. The van der Waals surface area contributed by atoms with E-state index in [9.17, 15) is 29.4 Å². The number of H-pyrrole nitrogens is 1. The van der Waals surface area contributed by atoms with E-state index in [0.717, 1.165) is 16.5 Å². The van der Waals surface area contributed by atoms with E-state index in [-0.39, 0.29) is 30.4 Å². The third kappa shape index (κ3) is 8.81. The van der Waals surface area contributed by atoms with E-state index >= 15 is 0 Å². The third-order valence-electron chi connectivity index (χ3n) is 8.03. The van der Waals surface area contributed by atoms with Gasteiger partial charge in [-0.2, -0.15) is 0 Å². The number of hydrogen-bond donors (Lipinski definition) is 7. The Bertz CT molecular complexity index is 1400. The van der Waals surface area contributed by atoms with E-state index in [1.165, 1.54) is 12.1 Å². The standard InChI is InChI=1S/C32H43N5O6/c1-5-18(3)27(30(40)35-26(32(42)43)15-20-11-13-22(38)14-12-20)37-31(41)28(19(4)6-2)36-29(39)24(33)16-21-17-34-25-10-8-7-9-23(21)25/h7-14,17-19,24,26-28,34,38H,5-6,15-16,33H2,1-4H3,(H,35,40)(H,36,39)(H,37,41)(H,42,43). The number of aromatic amines is 1. The van der Waals surface area contributed by atoms with Crippen molar-refractivity contribution in [3.05, 3.63) is 65.9 Å². The molecule has 232 valence electrons. The average Bonchev–Trinajstić information content (AvgIpc) is 3.40. The van der Waals surface area contributed by atoms with Crippen molar-refractivity contribution in [2.75, 3.05) is 0 Å². The minimum absolute atomic E-state index is 0.0115. The van der Waals surface area contributed by atoms with Crippen molar-refractivity contribution >= 4 is 34.6 Å². The zero-order valence-electron chi connectivity index (χ0n) is 25.1. The molecule has 0 radical (unpaired) electrons. The molecule has 1 heterocycles. The lowest BCUT2D eigenvalue weighted by molar-refractivity contribution is -0.142. The van der Waals surface area contributed by atoms with E-state index in [4.69, 9.17) is 5.73 Å². The number of carbonyl (C=O) groups is 4. The van der Waals surface area contributed by atoms with Gasteiger partial charge in [0.25, 0.3) is 0 Å². The predicted molar refractivity (Wildman–Crippen MR) is 164 cm³/mol. The van der Waals surface area contributed by atoms with Crippen LogP contribution < -0.4 is 21.7 Å². The summed E-state index contributed by atoms with van der Waals surface area (Å²) in [6, 6.07) is 9.56. The maximum absolute atomic E-state index is 13.6. The van der Waals surface area contributed by atoms with Gasteiger partial charge in [-0.1, -0.05) is 70.9 Å². The van der Waals surface area contributed by atoms with Gasteiger partial charge < -0.3 is 36.9 Å². The quantitative estimate of drug-likeness (QED) is 0.141. The van der Waals surface area contributed by atoms with Crippen molar-refractivity contribution in [2.24, 2.45) is 17.6 Å². The highest BCUT2D eigenvalue weighted by Crippen LogP contribution is 2.19. The van der Waals surface area contributed by atoms with Crippen LogP contribution in [0.25, 0.3) is 10.9 Å². The molecule has 0 aliphatic rings. The number of carbonyl (C=O) groups excluding carboxylic acids is 3. The van der Waals surface area contributed by atoms with Gasteiger partial charge in [-0.05, 0) is 47.6 Å². The molecule has 0 saturated carbocycles. The zero-order chi connectivity index (χ0) is 31.7. The second kappa shape index (κ2) is 15.2. The van der Waals surface area contributed by atoms with Gasteiger partial charge in [0.1, 0.15) is 23.9 Å². The van der Waals surface area contributed by atoms with Crippen LogP contribution in [-0.2, 0) is 32.0 Å². The van der Waals surface area contributed by atoms with Crippen LogP contribution >= 0.6 is 0 Å². The SMILES string of the molecule is CCC(C)C(NC(=O)C(N)Cc1c[nH]c2ccccc12)C(=O)NC(C(=O)NC(Cc1ccc(O)cc1)C(=O)O)C(C)CC. The van der Waals surface area contributed by atoms with Gasteiger partial charge in [0.05, 0.1) is 6.04 Å². The van der Waals surface area contributed by atoms with Crippen LogP contribution in [0.5, 0.6) is 5.75 Å². The number of aromatic nitrogens is 1. The lowest BCUT2D eigenvalue weighted by Gasteiger charge is -2.30. The van der Waals surface area contributed by atoms with Gasteiger partial charge in [-0.15, -0.1) is 0 Å². The minimum Gasteiger partial charge on any atom is -0.508 e. The highest BCUT2D eigenvalue weighted by atomic mass is 16.4. The van der Waals surface area contributed by atoms with E-state index in [1.54, 1.807) is 19.1 Å². The van der Waals surface area contributed by atoms with Crippen molar-refractivity contribution in [3.8, 4) is 5.75 Å². The van der Waals surface area contributed by atoms with Crippen LogP contribution in [0.3, 0.4) is 0 Å². The number of aliphatic carboxylic acids is 1. The van der Waals surface area contributed by atoms with Crippen molar-refractivity contribution in [1.82, 2.24) is 20.9 Å². The van der Waals surface area contributed by atoms with Crippen LogP contribution in [0.1, 0.15) is 51.7 Å². The molecule has 3 rings (SSSR count). The smallest absolute Gasteiger partial charge is 0.326 e. The molecule has 11 heteroatoms. The number of carboxylic acids is 1. The molecule has 0 spiro atoms. The summed E-state index contributed by atoms with van der Waals surface area (Å²) in [5.41, 5.74) is 8.70. The highest BCUT2D eigenvalue weighted by Gasteiger charge is 2.34. The lowest BCUT2D eigenvalue weighted by Crippen LogP contribution is -2.60. The fraction of sp³-hybridized carbons (Fsp3) is 0.438. The molecule has 0 aliphatic heterocycles. The molecule has 2 aromatic carbocycles. The summed E-state index contributed by atoms with van der Waals surface area (Å²) in [7, 11) is 0. The number of carboxylic acid groups (broad SMARTS) is 1. The van der Waals surface area contributed by atoms with E-state index < -0.39 is 47.9 Å². The number of phenols is 1. The van der Waals surface area contributed by atoms with Crippen LogP contribution in [0.15, 0.2) is 54.7 Å². The molecule has 0 saturated heterocycles. The Morgan fingerprint density at radius 3 is 1.95 bits per heavy atom. The Balaban J connectivity index is 1.72. The molecule has 6 unspecified atom stereocenters. The van der Waals surface area contributed by atoms with Gasteiger partial charge in [0, 0.05) is 23.5 Å². The van der Waals surface area contributed by atoms with Gasteiger partial charge in [0.15, 0.2) is 0 Å². The number of hydrogen-bond acceptors (Lipinski definition) is 6. The van der Waals surface area contributed by atoms with Crippen molar-refractivity contribution < 1.29 is 29.4 Å². The number of fused-ring (bicyclic) bond motifs is 1. The maximum atomic E-state index is 13.6. The fourth-order valence-electron chi connectivity index (χ4n) is 4.87. The number of rotatable bonds is 15. The molecule has 0 fully saturated rings. The molecule has 11 nitrogen and oxygen atoms in total. The molecule has 1 aromatic heterocycles. The fourth-order valence-corrected chi connectivity index (χ4v) is 4.87. The first-order chi connectivity index (χ1) is 20.4. The second-order valence-corrected chi connectivity index (χ2v) is 11.2. The van der Waals surface area contributed by atoms with Crippen molar-refractivity contribution in [2.45, 2.75) is 77.5 Å². The Morgan fingerprint density at radius 2 is 1.37 bits per heavy atom. The van der Waals surface area contributed by atoms with Gasteiger partial charge in [-0.3, -0.25) is 14.4 Å².